The molecule has 2 N–H and O–H groups in total. The average molecular weight is 320 g/mol. The molecule has 2 atom stereocenters. The van der Waals surface area contributed by atoms with Crippen molar-refractivity contribution in [2.75, 3.05) is 19.8 Å². The molecule has 1 saturated heterocycles. The molecule has 1 amide bonds. The number of hydrogen-bond acceptors (Lipinski definition) is 4. The lowest BCUT2D eigenvalue weighted by atomic mass is 10.1. The molecular weight excluding hydrogens is 296 g/mol. The van der Waals surface area contributed by atoms with Gasteiger partial charge in [-0.2, -0.15) is 0 Å². The van der Waals surface area contributed by atoms with Gasteiger partial charge in [-0.15, -0.1) is 0 Å². The van der Waals surface area contributed by atoms with Gasteiger partial charge in [0.1, 0.15) is 5.56 Å². The van der Waals surface area contributed by atoms with E-state index in [1.54, 1.807) is 6.92 Å². The SMILES string of the molecule is CC(C)=CCO[C@H]1CCOC[C@H]1NC(=O)c1c[nH]c(C)cc1=O. The van der Waals surface area contributed by atoms with Gasteiger partial charge in [-0.25, -0.2) is 0 Å². The first-order chi connectivity index (χ1) is 11.0. The summed E-state index contributed by atoms with van der Waals surface area (Å²) >= 11 is 0. The van der Waals surface area contributed by atoms with Gasteiger partial charge in [0.05, 0.1) is 25.4 Å². The summed E-state index contributed by atoms with van der Waals surface area (Å²) in [5.41, 5.74) is 1.71. The Morgan fingerprint density at radius 3 is 3.00 bits per heavy atom. The Morgan fingerprint density at radius 1 is 1.52 bits per heavy atom. The van der Waals surface area contributed by atoms with E-state index in [1.165, 1.54) is 17.8 Å². The first-order valence-electron chi connectivity index (χ1n) is 7.80. The summed E-state index contributed by atoms with van der Waals surface area (Å²) in [4.78, 5) is 27.1. The van der Waals surface area contributed by atoms with E-state index in [0.717, 1.165) is 5.69 Å². The van der Waals surface area contributed by atoms with Gasteiger partial charge in [-0.1, -0.05) is 11.6 Å². The number of allylic oxidation sites excluding steroid dienone is 1. The van der Waals surface area contributed by atoms with Crippen molar-refractivity contribution in [3.05, 3.63) is 45.4 Å². The predicted molar refractivity (Wildman–Crippen MR) is 87.7 cm³/mol. The van der Waals surface area contributed by atoms with Crippen LogP contribution in [0, 0.1) is 6.92 Å². The minimum Gasteiger partial charge on any atom is -0.379 e. The molecule has 0 aliphatic carbocycles. The number of nitrogens with one attached hydrogen (secondary N) is 2. The predicted octanol–water partition coefficient (Wildman–Crippen LogP) is 1.55. The van der Waals surface area contributed by atoms with Crippen molar-refractivity contribution in [1.82, 2.24) is 10.3 Å². The molecular formula is C17H24N2O4. The van der Waals surface area contributed by atoms with E-state index >= 15 is 0 Å². The number of hydrogen-bond donors (Lipinski definition) is 2. The Hall–Kier alpha value is -1.92. The highest BCUT2D eigenvalue weighted by molar-refractivity contribution is 5.94. The molecule has 2 heterocycles. The molecule has 0 bridgehead atoms. The third kappa shape index (κ3) is 5.04. The Bertz CT molecular complexity index is 632. The number of rotatable bonds is 5. The van der Waals surface area contributed by atoms with Crippen molar-refractivity contribution >= 4 is 5.91 Å². The first kappa shape index (κ1) is 17.4. The molecule has 23 heavy (non-hydrogen) atoms. The van der Waals surface area contributed by atoms with Crippen molar-refractivity contribution < 1.29 is 14.3 Å². The molecule has 0 radical (unpaired) electrons. The monoisotopic (exact) mass is 320 g/mol. The highest BCUT2D eigenvalue weighted by Gasteiger charge is 2.28. The highest BCUT2D eigenvalue weighted by Crippen LogP contribution is 2.13. The topological polar surface area (TPSA) is 80.4 Å². The van der Waals surface area contributed by atoms with Crippen LogP contribution in [0.25, 0.3) is 0 Å². The van der Waals surface area contributed by atoms with Crippen molar-refractivity contribution in [2.45, 2.75) is 39.3 Å². The lowest BCUT2D eigenvalue weighted by Gasteiger charge is -2.31. The van der Waals surface area contributed by atoms with Gasteiger partial charge >= 0.3 is 0 Å². The third-order valence-electron chi connectivity index (χ3n) is 3.71. The number of carbonyl (C=O) groups is 1. The fraction of sp³-hybridized carbons (Fsp3) is 0.529. The minimum absolute atomic E-state index is 0.101. The maximum Gasteiger partial charge on any atom is 0.257 e. The molecule has 1 fully saturated rings. The van der Waals surface area contributed by atoms with Crippen LogP contribution in [0.4, 0.5) is 0 Å². The maximum atomic E-state index is 12.3. The van der Waals surface area contributed by atoms with E-state index < -0.39 is 5.91 Å². The van der Waals surface area contributed by atoms with Crippen molar-refractivity contribution in [3.8, 4) is 0 Å². The Kier molecular flexibility index (Phi) is 6.12. The zero-order chi connectivity index (χ0) is 16.8. The van der Waals surface area contributed by atoms with Gasteiger partial charge in [-0.3, -0.25) is 9.59 Å². The summed E-state index contributed by atoms with van der Waals surface area (Å²) in [6, 6.07) is 1.15. The molecule has 0 spiro atoms. The lowest BCUT2D eigenvalue weighted by molar-refractivity contribution is -0.0457. The summed E-state index contributed by atoms with van der Waals surface area (Å²) in [6.45, 7) is 7.29. The van der Waals surface area contributed by atoms with Gasteiger partial charge in [0.2, 0.25) is 0 Å². The van der Waals surface area contributed by atoms with E-state index in [0.29, 0.717) is 26.2 Å². The number of aryl methyl sites for hydroxylation is 1. The molecule has 6 heteroatoms. The third-order valence-corrected chi connectivity index (χ3v) is 3.71. The quantitative estimate of drug-likeness (QED) is 0.807. The van der Waals surface area contributed by atoms with Gasteiger partial charge < -0.3 is 19.8 Å². The molecule has 1 aromatic heterocycles. The molecule has 0 aromatic carbocycles. The van der Waals surface area contributed by atoms with Gasteiger partial charge in [0, 0.05) is 24.6 Å². The maximum absolute atomic E-state index is 12.3. The van der Waals surface area contributed by atoms with Crippen LogP contribution < -0.4 is 10.7 Å². The number of carbonyl (C=O) groups excluding carboxylic acids is 1. The van der Waals surface area contributed by atoms with E-state index in [4.69, 9.17) is 9.47 Å². The van der Waals surface area contributed by atoms with Crippen LogP contribution in [0.3, 0.4) is 0 Å². The number of pyridine rings is 1. The van der Waals surface area contributed by atoms with Crippen LogP contribution in [0.5, 0.6) is 0 Å². The van der Waals surface area contributed by atoms with E-state index in [2.05, 4.69) is 10.3 Å². The molecule has 1 aromatic rings. The molecule has 0 unspecified atom stereocenters. The Labute approximate surface area is 135 Å². The molecule has 126 valence electrons. The van der Waals surface area contributed by atoms with E-state index in [9.17, 15) is 9.59 Å². The van der Waals surface area contributed by atoms with Crippen molar-refractivity contribution in [3.63, 3.8) is 0 Å². The number of amides is 1. The number of aromatic nitrogens is 1. The van der Waals surface area contributed by atoms with Gasteiger partial charge in [0.25, 0.3) is 5.91 Å². The number of aromatic amines is 1. The summed E-state index contributed by atoms with van der Waals surface area (Å²) in [7, 11) is 0. The Balaban J connectivity index is 2.01. The van der Waals surface area contributed by atoms with Crippen molar-refractivity contribution in [2.24, 2.45) is 0 Å². The lowest BCUT2D eigenvalue weighted by Crippen LogP contribution is -2.51. The standard InChI is InChI=1S/C17H24N2O4/c1-11(2)4-7-23-16-5-6-22-10-14(16)19-17(21)13-9-18-12(3)8-15(13)20/h4,8-9,14,16H,5-7,10H2,1-3H3,(H,18,20)(H,19,21)/t14-,16+/m1/s1. The second-order valence-corrected chi connectivity index (χ2v) is 5.99. The average Bonchev–Trinajstić information content (AvgIpc) is 2.48. The van der Waals surface area contributed by atoms with Gasteiger partial charge in [0.15, 0.2) is 5.43 Å². The molecule has 1 aliphatic rings. The van der Waals surface area contributed by atoms with Gasteiger partial charge in [-0.05, 0) is 27.2 Å². The summed E-state index contributed by atoms with van der Waals surface area (Å²) in [5, 5.41) is 2.85. The van der Waals surface area contributed by atoms with Crippen LogP contribution in [-0.4, -0.2) is 42.9 Å². The van der Waals surface area contributed by atoms with E-state index in [-0.39, 0.29) is 23.1 Å². The fourth-order valence-electron chi connectivity index (χ4n) is 2.39. The zero-order valence-electron chi connectivity index (χ0n) is 13.8. The minimum atomic E-state index is -0.405. The highest BCUT2D eigenvalue weighted by atomic mass is 16.5. The number of H-pyrrole nitrogens is 1. The van der Waals surface area contributed by atoms with Crippen LogP contribution in [0.1, 0.15) is 36.3 Å². The van der Waals surface area contributed by atoms with Crippen molar-refractivity contribution in [1.29, 1.82) is 0 Å². The fourth-order valence-corrected chi connectivity index (χ4v) is 2.39. The normalized spacial score (nSPS) is 20.8. The summed E-state index contributed by atoms with van der Waals surface area (Å²) < 4.78 is 11.3. The molecule has 6 nitrogen and oxygen atoms in total. The zero-order valence-corrected chi connectivity index (χ0v) is 13.8. The van der Waals surface area contributed by atoms with Crippen LogP contribution in [-0.2, 0) is 9.47 Å². The second kappa shape index (κ2) is 8.08. The Morgan fingerprint density at radius 2 is 2.30 bits per heavy atom. The molecule has 0 saturated carbocycles. The van der Waals surface area contributed by atoms with Crippen LogP contribution in [0.15, 0.2) is 28.7 Å². The summed E-state index contributed by atoms with van der Waals surface area (Å²) in [5.74, 6) is -0.405. The second-order valence-electron chi connectivity index (χ2n) is 5.99. The summed E-state index contributed by atoms with van der Waals surface area (Å²) in [6.07, 6.45) is 4.04. The first-order valence-corrected chi connectivity index (χ1v) is 7.80. The van der Waals surface area contributed by atoms with Crippen LogP contribution >= 0.6 is 0 Å². The largest absolute Gasteiger partial charge is 0.379 e. The van der Waals surface area contributed by atoms with Crippen LogP contribution in [0.2, 0.25) is 0 Å². The molecule has 2 rings (SSSR count). The smallest absolute Gasteiger partial charge is 0.257 e. The number of ether oxygens (including phenoxy) is 2. The van der Waals surface area contributed by atoms with E-state index in [1.807, 2.05) is 19.9 Å². The molecule has 1 aliphatic heterocycles.